The Morgan fingerprint density at radius 3 is 2.08 bits per heavy atom. The fourth-order valence-corrected chi connectivity index (χ4v) is 1.22. The van der Waals surface area contributed by atoms with Gasteiger partial charge in [-0.15, -0.1) is 0 Å². The number of hydrogen-bond acceptors (Lipinski definition) is 5. The number of carbonyl (C=O) groups is 1. The molecule has 1 rings (SSSR count). The molecule has 1 fully saturated rings. The number of ether oxygens (including phenoxy) is 1. The lowest BCUT2D eigenvalue weighted by Crippen LogP contribution is -2.38. The number of aliphatic hydroxyl groups excluding tert-OH is 3. The Hall–Kier alpha value is -0.490. The van der Waals surface area contributed by atoms with E-state index in [1.807, 2.05) is 0 Å². The summed E-state index contributed by atoms with van der Waals surface area (Å²) in [4.78, 5) is 11.3. The lowest BCUT2D eigenvalue weighted by Gasteiger charge is -2.14. The van der Waals surface area contributed by atoms with Crippen LogP contribution in [0.3, 0.4) is 0 Å². The Labute approximate surface area is 75.9 Å². The second-order valence-electron chi connectivity index (χ2n) is 3.49. The van der Waals surface area contributed by atoms with Gasteiger partial charge in [0.25, 0.3) is 0 Å². The predicted molar refractivity (Wildman–Crippen MR) is 42.7 cm³/mol. The number of hydrogen-bond donors (Lipinski definition) is 3. The third kappa shape index (κ3) is 1.88. The molecule has 13 heavy (non-hydrogen) atoms. The molecule has 0 radical (unpaired) electrons. The Balaban J connectivity index is 2.68. The van der Waals surface area contributed by atoms with Crippen LogP contribution in [0.4, 0.5) is 0 Å². The normalized spacial score (nSPS) is 39.8. The van der Waals surface area contributed by atoms with Gasteiger partial charge in [0.05, 0.1) is 0 Å². The molecule has 1 aliphatic rings. The van der Waals surface area contributed by atoms with Gasteiger partial charge in [-0.1, -0.05) is 13.8 Å². The van der Waals surface area contributed by atoms with Gasteiger partial charge in [0, 0.05) is 5.92 Å². The predicted octanol–water partition coefficient (Wildman–Crippen LogP) is -1.35. The summed E-state index contributed by atoms with van der Waals surface area (Å²) in [6.07, 6.45) is -5.30. The van der Waals surface area contributed by atoms with Crippen molar-refractivity contribution in [1.82, 2.24) is 0 Å². The van der Waals surface area contributed by atoms with E-state index in [1.165, 1.54) is 0 Å². The molecular formula is C8H14O5. The fourth-order valence-electron chi connectivity index (χ4n) is 1.22. The summed E-state index contributed by atoms with van der Waals surface area (Å²) in [5, 5.41) is 27.4. The van der Waals surface area contributed by atoms with E-state index in [0.717, 1.165) is 0 Å². The summed E-state index contributed by atoms with van der Waals surface area (Å²) in [6, 6.07) is 0. The highest BCUT2D eigenvalue weighted by Gasteiger charge is 2.45. The van der Waals surface area contributed by atoms with E-state index in [4.69, 9.17) is 14.9 Å². The minimum atomic E-state index is -1.47. The molecule has 0 aromatic rings. The van der Waals surface area contributed by atoms with Crippen molar-refractivity contribution in [1.29, 1.82) is 0 Å². The first-order chi connectivity index (χ1) is 5.95. The van der Waals surface area contributed by atoms with E-state index < -0.39 is 24.6 Å². The highest BCUT2D eigenvalue weighted by atomic mass is 16.6. The molecule has 3 N–H and O–H groups in total. The lowest BCUT2D eigenvalue weighted by atomic mass is 9.99. The largest absolute Gasteiger partial charge is 0.387 e. The molecular weight excluding hydrogens is 176 g/mol. The zero-order valence-electron chi connectivity index (χ0n) is 7.54. The van der Waals surface area contributed by atoms with Crippen LogP contribution in [0, 0.1) is 5.92 Å². The average Bonchev–Trinajstić information content (AvgIpc) is 2.31. The smallest absolute Gasteiger partial charge is 0.184 e. The topological polar surface area (TPSA) is 87.0 Å². The van der Waals surface area contributed by atoms with Gasteiger partial charge in [0.1, 0.15) is 18.3 Å². The molecule has 1 aliphatic heterocycles. The van der Waals surface area contributed by atoms with Crippen molar-refractivity contribution in [3.8, 4) is 0 Å². The first-order valence-electron chi connectivity index (χ1n) is 4.18. The van der Waals surface area contributed by atoms with Crippen LogP contribution in [0.15, 0.2) is 0 Å². The third-order valence-corrected chi connectivity index (χ3v) is 2.09. The van der Waals surface area contributed by atoms with Crippen molar-refractivity contribution in [2.45, 2.75) is 38.4 Å². The van der Waals surface area contributed by atoms with Gasteiger partial charge in [-0.3, -0.25) is 4.79 Å². The minimum absolute atomic E-state index is 0.294. The molecule has 0 aromatic heterocycles. The van der Waals surface area contributed by atoms with Crippen LogP contribution in [0.25, 0.3) is 0 Å². The van der Waals surface area contributed by atoms with Gasteiger partial charge >= 0.3 is 0 Å². The number of rotatable bonds is 2. The Morgan fingerprint density at radius 1 is 1.23 bits per heavy atom. The summed E-state index contributed by atoms with van der Waals surface area (Å²) in [7, 11) is 0. The van der Waals surface area contributed by atoms with Gasteiger partial charge < -0.3 is 20.1 Å². The van der Waals surface area contributed by atoms with E-state index in [-0.39, 0.29) is 11.7 Å². The Bertz CT molecular complexity index is 203. The van der Waals surface area contributed by atoms with Crippen molar-refractivity contribution in [3.63, 3.8) is 0 Å². The zero-order chi connectivity index (χ0) is 10.2. The van der Waals surface area contributed by atoms with Gasteiger partial charge in [0.2, 0.25) is 0 Å². The molecule has 1 heterocycles. The van der Waals surface area contributed by atoms with E-state index in [0.29, 0.717) is 0 Å². The van der Waals surface area contributed by atoms with Crippen LogP contribution < -0.4 is 0 Å². The second kappa shape index (κ2) is 3.71. The van der Waals surface area contributed by atoms with Crippen molar-refractivity contribution < 1.29 is 24.9 Å². The molecule has 0 bridgehead atoms. The summed E-state index contributed by atoms with van der Waals surface area (Å²) < 4.78 is 4.71. The van der Waals surface area contributed by atoms with Gasteiger partial charge in [0.15, 0.2) is 12.1 Å². The molecule has 0 aromatic carbocycles. The maximum Gasteiger partial charge on any atom is 0.184 e. The SMILES string of the molecule is CC(C)C(=O)[C@H]1OC(O)[C@H](O)[C@@H]1O. The maximum absolute atomic E-state index is 11.3. The van der Waals surface area contributed by atoms with Crippen molar-refractivity contribution in [2.24, 2.45) is 5.92 Å². The Morgan fingerprint density at radius 2 is 1.77 bits per heavy atom. The van der Waals surface area contributed by atoms with E-state index in [9.17, 15) is 9.90 Å². The summed E-state index contributed by atoms with van der Waals surface area (Å²) in [6.45, 7) is 3.32. The molecule has 4 atom stereocenters. The summed E-state index contributed by atoms with van der Waals surface area (Å²) in [5.41, 5.74) is 0. The number of aliphatic hydroxyl groups is 3. The van der Waals surface area contributed by atoms with Crippen LogP contribution in [0.1, 0.15) is 13.8 Å². The van der Waals surface area contributed by atoms with Crippen LogP contribution in [-0.2, 0) is 9.53 Å². The number of carbonyl (C=O) groups excluding carboxylic acids is 1. The van der Waals surface area contributed by atoms with Gasteiger partial charge in [-0.25, -0.2) is 0 Å². The summed E-state index contributed by atoms with van der Waals surface area (Å²) in [5.74, 6) is -0.611. The van der Waals surface area contributed by atoms with Crippen LogP contribution in [0.5, 0.6) is 0 Å². The number of ketones is 1. The molecule has 1 saturated heterocycles. The highest BCUT2D eigenvalue weighted by molar-refractivity contribution is 5.85. The second-order valence-corrected chi connectivity index (χ2v) is 3.49. The quantitative estimate of drug-likeness (QED) is 0.501. The van der Waals surface area contributed by atoms with E-state index in [1.54, 1.807) is 13.8 Å². The monoisotopic (exact) mass is 190 g/mol. The zero-order valence-corrected chi connectivity index (χ0v) is 7.54. The molecule has 0 amide bonds. The molecule has 0 aliphatic carbocycles. The lowest BCUT2D eigenvalue weighted by molar-refractivity contribution is -0.151. The Kier molecular flexibility index (Phi) is 3.02. The van der Waals surface area contributed by atoms with Gasteiger partial charge in [-0.05, 0) is 0 Å². The molecule has 1 unspecified atom stereocenters. The summed E-state index contributed by atoms with van der Waals surface area (Å²) >= 11 is 0. The van der Waals surface area contributed by atoms with Crippen LogP contribution in [0.2, 0.25) is 0 Å². The molecule has 0 saturated carbocycles. The minimum Gasteiger partial charge on any atom is -0.387 e. The molecule has 0 spiro atoms. The fraction of sp³-hybridized carbons (Fsp3) is 0.875. The molecule has 5 heteroatoms. The first kappa shape index (κ1) is 10.6. The van der Waals surface area contributed by atoms with Crippen molar-refractivity contribution >= 4 is 5.78 Å². The van der Waals surface area contributed by atoms with Crippen LogP contribution >= 0.6 is 0 Å². The average molecular weight is 190 g/mol. The standard InChI is InChI=1S/C8H14O5/c1-3(2)4(9)7-5(10)6(11)8(12)13-7/h3,5-8,10-12H,1-2H3/t5-,6+,7+,8?/m0/s1. The number of Topliss-reactive ketones (excluding diaryl/α,β-unsaturated/α-hetero) is 1. The molecule has 76 valence electrons. The maximum atomic E-state index is 11.3. The van der Waals surface area contributed by atoms with E-state index >= 15 is 0 Å². The van der Waals surface area contributed by atoms with Crippen molar-refractivity contribution in [2.75, 3.05) is 0 Å². The first-order valence-corrected chi connectivity index (χ1v) is 4.18. The molecule has 5 nitrogen and oxygen atoms in total. The van der Waals surface area contributed by atoms with E-state index in [2.05, 4.69) is 0 Å². The van der Waals surface area contributed by atoms with Gasteiger partial charge in [-0.2, -0.15) is 0 Å². The highest BCUT2D eigenvalue weighted by Crippen LogP contribution is 2.22. The van der Waals surface area contributed by atoms with Crippen molar-refractivity contribution in [3.05, 3.63) is 0 Å². The van der Waals surface area contributed by atoms with Crippen LogP contribution in [-0.4, -0.2) is 45.7 Å². The third-order valence-electron chi connectivity index (χ3n) is 2.09.